The Bertz CT molecular complexity index is 136. The van der Waals surface area contributed by atoms with Gasteiger partial charge in [0.05, 0.1) is 13.2 Å². The molecule has 0 radical (unpaired) electrons. The number of carbonyl (C=O) groups is 1. The number of alkyl carbamates (subject to hydrolysis) is 1. The summed E-state index contributed by atoms with van der Waals surface area (Å²) in [5, 5.41) is 2.53. The summed E-state index contributed by atoms with van der Waals surface area (Å²) in [6, 6.07) is 0. The zero-order valence-corrected chi connectivity index (χ0v) is 7.04. The predicted molar refractivity (Wildman–Crippen MR) is 40.7 cm³/mol. The summed E-state index contributed by atoms with van der Waals surface area (Å²) in [5.74, 6) is 0. The van der Waals surface area contributed by atoms with Crippen LogP contribution in [0.2, 0.25) is 0 Å². The fraction of sp³-hybridized carbons (Fsp3) is 0.857. The third-order valence-electron chi connectivity index (χ3n) is 1.39. The van der Waals surface area contributed by atoms with E-state index >= 15 is 0 Å². The minimum Gasteiger partial charge on any atom is -0.447 e. The standard InChI is InChI=1S/C7H13NO4/c1-6-10-3-2-8-7(9)12-5-4-11-6/h6H,2-5H2,1H3,(H,8,9). The van der Waals surface area contributed by atoms with E-state index in [1.54, 1.807) is 0 Å². The minimum absolute atomic E-state index is 0.233. The number of hydrogen-bond donors (Lipinski definition) is 1. The largest absolute Gasteiger partial charge is 0.447 e. The van der Waals surface area contributed by atoms with Crippen molar-refractivity contribution >= 4 is 6.09 Å². The number of rotatable bonds is 0. The molecule has 12 heavy (non-hydrogen) atoms. The molecule has 5 heteroatoms. The van der Waals surface area contributed by atoms with Gasteiger partial charge in [0, 0.05) is 6.54 Å². The zero-order chi connectivity index (χ0) is 8.81. The second-order valence-electron chi connectivity index (χ2n) is 2.37. The van der Waals surface area contributed by atoms with Crippen LogP contribution in [0.15, 0.2) is 0 Å². The quantitative estimate of drug-likeness (QED) is 0.567. The molecule has 1 aliphatic rings. The van der Waals surface area contributed by atoms with Crippen LogP contribution < -0.4 is 5.32 Å². The van der Waals surface area contributed by atoms with E-state index < -0.39 is 6.09 Å². The highest BCUT2D eigenvalue weighted by Crippen LogP contribution is 1.94. The molecule has 70 valence electrons. The Morgan fingerprint density at radius 1 is 1.33 bits per heavy atom. The Morgan fingerprint density at radius 2 is 2.08 bits per heavy atom. The first-order valence-corrected chi connectivity index (χ1v) is 3.93. The number of hydrogen-bond acceptors (Lipinski definition) is 4. The van der Waals surface area contributed by atoms with Crippen molar-refractivity contribution < 1.29 is 19.0 Å². The van der Waals surface area contributed by atoms with Gasteiger partial charge in [0.1, 0.15) is 6.61 Å². The average molecular weight is 175 g/mol. The SMILES string of the molecule is CC1OCCNC(=O)OCCO1. The summed E-state index contributed by atoms with van der Waals surface area (Å²) in [7, 11) is 0. The van der Waals surface area contributed by atoms with Crippen LogP contribution in [0.3, 0.4) is 0 Å². The third-order valence-corrected chi connectivity index (χ3v) is 1.39. The van der Waals surface area contributed by atoms with Crippen molar-refractivity contribution in [3.63, 3.8) is 0 Å². The summed E-state index contributed by atoms with van der Waals surface area (Å²) in [6.07, 6.45) is -0.652. The van der Waals surface area contributed by atoms with Crippen LogP contribution in [0.5, 0.6) is 0 Å². The van der Waals surface area contributed by atoms with Crippen molar-refractivity contribution in [1.82, 2.24) is 5.32 Å². The van der Waals surface area contributed by atoms with Crippen LogP contribution in [0.1, 0.15) is 6.92 Å². The van der Waals surface area contributed by atoms with Crippen molar-refractivity contribution in [1.29, 1.82) is 0 Å². The molecule has 1 aliphatic heterocycles. The molecule has 1 amide bonds. The molecule has 1 fully saturated rings. The average Bonchev–Trinajstić information content (AvgIpc) is 2.06. The number of cyclic esters (lactones) is 1. The molecular weight excluding hydrogens is 162 g/mol. The highest BCUT2D eigenvalue weighted by atomic mass is 16.7. The monoisotopic (exact) mass is 175 g/mol. The van der Waals surface area contributed by atoms with Gasteiger partial charge in [-0.25, -0.2) is 4.79 Å². The zero-order valence-electron chi connectivity index (χ0n) is 7.04. The fourth-order valence-corrected chi connectivity index (χ4v) is 0.826. The molecule has 1 atom stereocenters. The van der Waals surface area contributed by atoms with Crippen molar-refractivity contribution in [2.24, 2.45) is 0 Å². The second kappa shape index (κ2) is 4.95. The molecule has 0 aliphatic carbocycles. The highest BCUT2D eigenvalue weighted by molar-refractivity contribution is 5.66. The lowest BCUT2D eigenvalue weighted by Crippen LogP contribution is -2.32. The maximum absolute atomic E-state index is 10.7. The molecule has 5 nitrogen and oxygen atoms in total. The van der Waals surface area contributed by atoms with E-state index in [0.29, 0.717) is 19.8 Å². The Hall–Kier alpha value is -0.810. The smallest absolute Gasteiger partial charge is 0.407 e. The number of nitrogens with one attached hydrogen (secondary N) is 1. The van der Waals surface area contributed by atoms with Gasteiger partial charge in [0.25, 0.3) is 0 Å². The van der Waals surface area contributed by atoms with Crippen LogP contribution >= 0.6 is 0 Å². The molecular formula is C7H13NO4. The molecule has 0 aromatic heterocycles. The van der Waals surface area contributed by atoms with E-state index in [0.717, 1.165) is 0 Å². The molecule has 1 unspecified atom stereocenters. The minimum atomic E-state index is -0.420. The van der Waals surface area contributed by atoms with Gasteiger partial charge in [-0.2, -0.15) is 0 Å². The first-order chi connectivity index (χ1) is 5.79. The van der Waals surface area contributed by atoms with E-state index in [-0.39, 0.29) is 12.9 Å². The van der Waals surface area contributed by atoms with Gasteiger partial charge in [-0.15, -0.1) is 0 Å². The first kappa shape index (κ1) is 9.28. The first-order valence-electron chi connectivity index (χ1n) is 3.93. The Morgan fingerprint density at radius 3 is 2.92 bits per heavy atom. The summed E-state index contributed by atoms with van der Waals surface area (Å²) < 4.78 is 15.0. The molecule has 0 spiro atoms. The molecule has 1 rings (SSSR count). The van der Waals surface area contributed by atoms with E-state index in [4.69, 9.17) is 14.2 Å². The van der Waals surface area contributed by atoms with Crippen molar-refractivity contribution in [3.05, 3.63) is 0 Å². The Kier molecular flexibility index (Phi) is 3.83. The summed E-state index contributed by atoms with van der Waals surface area (Å²) >= 11 is 0. The fourth-order valence-electron chi connectivity index (χ4n) is 0.826. The normalized spacial score (nSPS) is 27.1. The molecule has 0 bridgehead atoms. The van der Waals surface area contributed by atoms with Crippen LogP contribution in [-0.4, -0.2) is 38.7 Å². The van der Waals surface area contributed by atoms with Crippen molar-refractivity contribution in [3.8, 4) is 0 Å². The van der Waals surface area contributed by atoms with E-state index in [9.17, 15) is 4.79 Å². The molecule has 0 aromatic rings. The van der Waals surface area contributed by atoms with Gasteiger partial charge in [-0.3, -0.25) is 0 Å². The molecule has 0 saturated carbocycles. The van der Waals surface area contributed by atoms with Gasteiger partial charge in [-0.05, 0) is 6.92 Å². The molecule has 1 heterocycles. The van der Waals surface area contributed by atoms with Gasteiger partial charge in [0.2, 0.25) is 0 Å². The van der Waals surface area contributed by atoms with Gasteiger partial charge >= 0.3 is 6.09 Å². The number of ether oxygens (including phenoxy) is 3. The predicted octanol–water partition coefficient (Wildman–Crippen LogP) is 0.105. The molecule has 0 aromatic carbocycles. The van der Waals surface area contributed by atoms with E-state index in [2.05, 4.69) is 5.32 Å². The lowest BCUT2D eigenvalue weighted by molar-refractivity contribution is -0.137. The third kappa shape index (κ3) is 3.54. The summed E-state index contributed by atoms with van der Waals surface area (Å²) in [4.78, 5) is 10.7. The highest BCUT2D eigenvalue weighted by Gasteiger charge is 2.07. The Labute approximate surface area is 71.0 Å². The number of carbonyl (C=O) groups excluding carboxylic acids is 1. The van der Waals surface area contributed by atoms with Gasteiger partial charge in [-0.1, -0.05) is 0 Å². The topological polar surface area (TPSA) is 56.8 Å². The number of amides is 1. The summed E-state index contributed by atoms with van der Waals surface area (Å²) in [5.41, 5.74) is 0. The van der Waals surface area contributed by atoms with Crippen LogP contribution in [0, 0.1) is 0 Å². The van der Waals surface area contributed by atoms with E-state index in [1.807, 2.05) is 6.92 Å². The molecule has 1 N–H and O–H groups in total. The second-order valence-corrected chi connectivity index (χ2v) is 2.37. The lowest BCUT2D eigenvalue weighted by Gasteiger charge is -2.16. The van der Waals surface area contributed by atoms with Crippen LogP contribution in [-0.2, 0) is 14.2 Å². The van der Waals surface area contributed by atoms with Crippen molar-refractivity contribution in [2.75, 3.05) is 26.4 Å². The lowest BCUT2D eigenvalue weighted by atomic mass is 10.6. The van der Waals surface area contributed by atoms with Gasteiger partial charge in [0.15, 0.2) is 6.29 Å². The van der Waals surface area contributed by atoms with Crippen molar-refractivity contribution in [2.45, 2.75) is 13.2 Å². The van der Waals surface area contributed by atoms with Crippen LogP contribution in [0.25, 0.3) is 0 Å². The molecule has 1 saturated heterocycles. The summed E-state index contributed by atoms with van der Waals surface area (Å²) in [6.45, 7) is 3.33. The van der Waals surface area contributed by atoms with E-state index in [1.165, 1.54) is 0 Å². The van der Waals surface area contributed by atoms with Crippen LogP contribution in [0.4, 0.5) is 4.79 Å². The Balaban J connectivity index is 2.25. The maximum Gasteiger partial charge on any atom is 0.407 e. The van der Waals surface area contributed by atoms with Gasteiger partial charge < -0.3 is 19.5 Å². The maximum atomic E-state index is 10.7.